The summed E-state index contributed by atoms with van der Waals surface area (Å²) in [5.74, 6) is 0.423. The van der Waals surface area contributed by atoms with Crippen LogP contribution < -0.4 is 20.7 Å². The number of aryl methyl sites for hydroxylation is 1. The summed E-state index contributed by atoms with van der Waals surface area (Å²) in [4.78, 5) is 19.8. The molecule has 0 saturated heterocycles. The molecule has 3 N–H and O–H groups in total. The molecule has 4 rings (SSSR count). The lowest BCUT2D eigenvalue weighted by Crippen LogP contribution is -2.19. The lowest BCUT2D eigenvalue weighted by Gasteiger charge is -2.12. The van der Waals surface area contributed by atoms with Crippen LogP contribution in [0.15, 0.2) is 54.9 Å². The molecule has 0 fully saturated rings. The van der Waals surface area contributed by atoms with Crippen molar-refractivity contribution in [2.75, 3.05) is 17.7 Å². The Bertz CT molecular complexity index is 1290. The minimum absolute atomic E-state index is 0.0420. The molecule has 1 amide bonds. The molecule has 0 aliphatic rings. The minimum Gasteiger partial charge on any atom is -0.491 e. The Morgan fingerprint density at radius 2 is 1.85 bits per heavy atom. The highest BCUT2D eigenvalue weighted by Crippen LogP contribution is 2.24. The minimum atomic E-state index is -0.569. The zero-order valence-electron chi connectivity index (χ0n) is 19.2. The summed E-state index contributed by atoms with van der Waals surface area (Å²) in [6, 6.07) is 12.9. The molecule has 2 aromatic heterocycles. The van der Waals surface area contributed by atoms with Crippen molar-refractivity contribution < 1.29 is 13.9 Å². The number of nitrogens with zero attached hydrogens (tertiary/aromatic N) is 4. The third-order valence-corrected chi connectivity index (χ3v) is 4.96. The fourth-order valence-electron chi connectivity index (χ4n) is 3.35. The third-order valence-electron chi connectivity index (χ3n) is 4.96. The Morgan fingerprint density at radius 3 is 2.59 bits per heavy atom. The topological polar surface area (TPSA) is 106 Å². The highest BCUT2D eigenvalue weighted by Gasteiger charge is 2.10. The molecule has 4 aromatic rings. The number of hydrogen-bond acceptors (Lipinski definition) is 7. The van der Waals surface area contributed by atoms with Gasteiger partial charge in [-0.2, -0.15) is 10.1 Å². The van der Waals surface area contributed by atoms with E-state index < -0.39 is 5.82 Å². The Hall–Kier alpha value is -4.21. The quantitative estimate of drug-likeness (QED) is 0.338. The number of nitrogens with one attached hydrogen (secondary N) is 3. The van der Waals surface area contributed by atoms with Crippen molar-refractivity contribution in [1.82, 2.24) is 25.1 Å². The normalized spacial score (nSPS) is 11.0. The largest absolute Gasteiger partial charge is 0.491 e. The van der Waals surface area contributed by atoms with E-state index in [0.717, 1.165) is 28.5 Å². The van der Waals surface area contributed by atoms with Crippen LogP contribution in [0.5, 0.6) is 5.75 Å². The van der Waals surface area contributed by atoms with Gasteiger partial charge in [-0.05, 0) is 56.3 Å². The summed E-state index contributed by atoms with van der Waals surface area (Å²) in [7, 11) is 1.61. The van der Waals surface area contributed by atoms with Crippen molar-refractivity contribution in [2.24, 2.45) is 0 Å². The molecular weight excluding hydrogens is 437 g/mol. The van der Waals surface area contributed by atoms with Gasteiger partial charge in [-0.15, -0.1) is 0 Å². The second kappa shape index (κ2) is 10.2. The van der Waals surface area contributed by atoms with E-state index in [1.807, 2.05) is 44.2 Å². The van der Waals surface area contributed by atoms with Crippen molar-refractivity contribution in [1.29, 1.82) is 0 Å². The molecule has 0 aliphatic carbocycles. The monoisotopic (exact) mass is 463 g/mol. The Balaban J connectivity index is 1.47. The molecule has 0 atom stereocenters. The highest BCUT2D eigenvalue weighted by atomic mass is 19.1. The summed E-state index contributed by atoms with van der Waals surface area (Å²) in [6.45, 7) is 4.39. The molecule has 0 aliphatic heterocycles. The Morgan fingerprint density at radius 1 is 1.09 bits per heavy atom. The summed E-state index contributed by atoms with van der Waals surface area (Å²) in [5, 5.41) is 13.9. The summed E-state index contributed by atoms with van der Waals surface area (Å²) in [5.41, 5.74) is 2.30. The molecule has 34 heavy (non-hydrogen) atoms. The van der Waals surface area contributed by atoms with Gasteiger partial charge in [0.15, 0.2) is 11.6 Å². The van der Waals surface area contributed by atoms with Gasteiger partial charge in [-0.25, -0.2) is 9.37 Å². The number of ether oxygens (including phenoxy) is 1. The van der Waals surface area contributed by atoms with Gasteiger partial charge in [0, 0.05) is 30.2 Å². The first-order valence-electron chi connectivity index (χ1n) is 10.9. The van der Waals surface area contributed by atoms with Crippen molar-refractivity contribution in [3.63, 3.8) is 0 Å². The second-order valence-corrected chi connectivity index (χ2v) is 7.90. The number of anilines is 4. The standard InChI is InChI=1S/C24H26FN7O2/c1-15(2)34-19-7-4-17(5-8-19)29-23-20(25)14-27-24(31-23)30-18-6-9-21-16(12-18)13-28-32(21)11-10-22(33)26-3/h4-9,12-15H,10-11H2,1-3H3,(H,26,33)(H2,27,29,30,31). The van der Waals surface area contributed by atoms with Crippen molar-refractivity contribution in [2.45, 2.75) is 32.9 Å². The first kappa shape index (κ1) is 23.0. The molecular formula is C24H26FN7O2. The number of amides is 1. The van der Waals surface area contributed by atoms with Gasteiger partial charge in [0.1, 0.15) is 5.75 Å². The average Bonchev–Trinajstić information content (AvgIpc) is 3.22. The van der Waals surface area contributed by atoms with Gasteiger partial charge >= 0.3 is 0 Å². The van der Waals surface area contributed by atoms with E-state index in [4.69, 9.17) is 4.74 Å². The van der Waals surface area contributed by atoms with Crippen LogP contribution in [-0.4, -0.2) is 38.8 Å². The van der Waals surface area contributed by atoms with E-state index in [9.17, 15) is 9.18 Å². The van der Waals surface area contributed by atoms with Crippen LogP contribution in [0.2, 0.25) is 0 Å². The highest BCUT2D eigenvalue weighted by molar-refractivity contribution is 5.83. The molecule has 2 aromatic carbocycles. The predicted octanol–water partition coefficient (Wildman–Crippen LogP) is 4.38. The molecule has 9 nitrogen and oxygen atoms in total. The van der Waals surface area contributed by atoms with E-state index in [-0.39, 0.29) is 23.8 Å². The Kier molecular flexibility index (Phi) is 6.86. The summed E-state index contributed by atoms with van der Waals surface area (Å²) < 4.78 is 21.7. The predicted molar refractivity (Wildman–Crippen MR) is 129 cm³/mol. The maximum Gasteiger partial charge on any atom is 0.229 e. The first-order valence-corrected chi connectivity index (χ1v) is 10.9. The van der Waals surface area contributed by atoms with Crippen LogP contribution >= 0.6 is 0 Å². The van der Waals surface area contributed by atoms with Crippen LogP contribution in [0.4, 0.5) is 27.5 Å². The summed E-state index contributed by atoms with van der Waals surface area (Å²) in [6.07, 6.45) is 3.27. The number of rotatable bonds is 9. The van der Waals surface area contributed by atoms with Gasteiger partial charge < -0.3 is 20.7 Å². The van der Waals surface area contributed by atoms with Crippen LogP contribution in [-0.2, 0) is 11.3 Å². The van der Waals surface area contributed by atoms with Gasteiger partial charge in [-0.1, -0.05) is 0 Å². The maximum absolute atomic E-state index is 14.3. The number of halogens is 1. The van der Waals surface area contributed by atoms with Crippen LogP contribution in [0, 0.1) is 5.82 Å². The van der Waals surface area contributed by atoms with E-state index >= 15 is 0 Å². The van der Waals surface area contributed by atoms with Crippen molar-refractivity contribution in [3.8, 4) is 5.75 Å². The summed E-state index contributed by atoms with van der Waals surface area (Å²) >= 11 is 0. The second-order valence-electron chi connectivity index (χ2n) is 7.90. The number of hydrogen-bond donors (Lipinski definition) is 3. The van der Waals surface area contributed by atoms with E-state index in [2.05, 4.69) is 31.0 Å². The number of aromatic nitrogens is 4. The fourth-order valence-corrected chi connectivity index (χ4v) is 3.35. The van der Waals surface area contributed by atoms with Crippen molar-refractivity contribution >= 4 is 40.0 Å². The molecule has 0 unspecified atom stereocenters. The third kappa shape index (κ3) is 5.58. The average molecular weight is 464 g/mol. The fraction of sp³-hybridized carbons (Fsp3) is 0.250. The molecule has 0 saturated carbocycles. The molecule has 0 bridgehead atoms. The van der Waals surface area contributed by atoms with Crippen molar-refractivity contribution in [3.05, 3.63) is 60.7 Å². The van der Waals surface area contributed by atoms with Crippen LogP contribution in [0.3, 0.4) is 0 Å². The number of carbonyl (C=O) groups excluding carboxylic acids is 1. The smallest absolute Gasteiger partial charge is 0.229 e. The molecule has 0 spiro atoms. The molecule has 10 heteroatoms. The lowest BCUT2D eigenvalue weighted by atomic mass is 10.2. The van der Waals surface area contributed by atoms with Gasteiger partial charge in [0.25, 0.3) is 0 Å². The van der Waals surface area contributed by atoms with Gasteiger partial charge in [0.2, 0.25) is 11.9 Å². The SMILES string of the molecule is CNC(=O)CCn1ncc2cc(Nc3ncc(F)c(Nc4ccc(OC(C)C)cc4)n3)ccc21. The number of carbonyl (C=O) groups is 1. The first-order chi connectivity index (χ1) is 16.4. The molecule has 2 heterocycles. The zero-order chi connectivity index (χ0) is 24.1. The van der Waals surface area contributed by atoms with E-state index in [1.54, 1.807) is 30.1 Å². The Labute approximate surface area is 196 Å². The van der Waals surface area contributed by atoms with E-state index in [1.165, 1.54) is 0 Å². The van der Waals surface area contributed by atoms with Gasteiger partial charge in [0.05, 0.1) is 30.6 Å². The van der Waals surface area contributed by atoms with Crippen LogP contribution in [0.25, 0.3) is 10.9 Å². The van der Waals surface area contributed by atoms with E-state index in [0.29, 0.717) is 18.7 Å². The number of benzene rings is 2. The lowest BCUT2D eigenvalue weighted by molar-refractivity contribution is -0.120. The number of fused-ring (bicyclic) bond motifs is 1. The maximum atomic E-state index is 14.3. The molecule has 176 valence electrons. The van der Waals surface area contributed by atoms with Gasteiger partial charge in [-0.3, -0.25) is 9.48 Å². The molecule has 0 radical (unpaired) electrons. The van der Waals surface area contributed by atoms with Crippen LogP contribution in [0.1, 0.15) is 20.3 Å². The zero-order valence-corrected chi connectivity index (χ0v) is 19.2.